The summed E-state index contributed by atoms with van der Waals surface area (Å²) in [6, 6.07) is 7.75. The van der Waals surface area contributed by atoms with Crippen molar-refractivity contribution < 1.29 is 4.79 Å². The summed E-state index contributed by atoms with van der Waals surface area (Å²) in [6.07, 6.45) is 2.39. The maximum Gasteiger partial charge on any atom is 0.333 e. The lowest BCUT2D eigenvalue weighted by Crippen LogP contribution is -2.45. The number of carbonyl (C=O) groups is 1. The van der Waals surface area contributed by atoms with Gasteiger partial charge < -0.3 is 9.47 Å². The molecule has 1 aromatic carbocycles. The van der Waals surface area contributed by atoms with E-state index in [1.165, 1.54) is 4.57 Å². The Morgan fingerprint density at radius 1 is 1.03 bits per heavy atom. The molecule has 0 N–H and O–H groups in total. The molecule has 0 unspecified atom stereocenters. The SMILES string of the molecule is CC(C)Cn1cnc2c1c(=O)n(CC(=O)N1CCc3ccccc31)c(=O)n2CC(C)C. The van der Waals surface area contributed by atoms with E-state index >= 15 is 0 Å². The fourth-order valence-corrected chi connectivity index (χ4v) is 4.26. The third-order valence-electron chi connectivity index (χ3n) is 5.57. The van der Waals surface area contributed by atoms with Crippen LogP contribution in [0.15, 0.2) is 40.2 Å². The molecule has 0 radical (unpaired) electrons. The molecule has 0 spiro atoms. The molecule has 8 heteroatoms. The highest BCUT2D eigenvalue weighted by Crippen LogP contribution is 2.27. The number of fused-ring (bicyclic) bond motifs is 2. The molecule has 1 aliphatic heterocycles. The van der Waals surface area contributed by atoms with Gasteiger partial charge in [0.15, 0.2) is 11.2 Å². The smallest absolute Gasteiger partial charge is 0.324 e. The lowest BCUT2D eigenvalue weighted by atomic mass is 10.2. The molecule has 2 aromatic heterocycles. The number of nitrogens with zero attached hydrogens (tertiary/aromatic N) is 5. The van der Waals surface area contributed by atoms with Crippen molar-refractivity contribution in [1.29, 1.82) is 0 Å². The second-order valence-corrected chi connectivity index (χ2v) is 9.07. The zero-order chi connectivity index (χ0) is 22.3. The average Bonchev–Trinajstić information content (AvgIpc) is 3.32. The van der Waals surface area contributed by atoms with Gasteiger partial charge in [-0.3, -0.25) is 14.2 Å². The highest BCUT2D eigenvalue weighted by atomic mass is 16.2. The number of carbonyl (C=O) groups excluding carboxylic acids is 1. The van der Waals surface area contributed by atoms with Gasteiger partial charge in [0.1, 0.15) is 6.54 Å². The summed E-state index contributed by atoms with van der Waals surface area (Å²) in [6.45, 7) is 9.43. The molecule has 1 amide bonds. The molecule has 0 aliphatic carbocycles. The highest BCUT2D eigenvalue weighted by molar-refractivity contribution is 5.95. The fraction of sp³-hybridized carbons (Fsp3) is 0.478. The molecule has 0 atom stereocenters. The minimum absolute atomic E-state index is 0.184. The Kier molecular flexibility index (Phi) is 5.56. The van der Waals surface area contributed by atoms with Crippen molar-refractivity contribution in [3.8, 4) is 0 Å². The number of rotatable bonds is 6. The lowest BCUT2D eigenvalue weighted by molar-refractivity contribution is -0.119. The van der Waals surface area contributed by atoms with Crippen LogP contribution < -0.4 is 16.1 Å². The molecule has 4 rings (SSSR count). The Balaban J connectivity index is 1.81. The zero-order valence-electron chi connectivity index (χ0n) is 18.5. The number of benzene rings is 1. The van der Waals surface area contributed by atoms with Crippen LogP contribution in [0.5, 0.6) is 0 Å². The second kappa shape index (κ2) is 8.17. The molecule has 31 heavy (non-hydrogen) atoms. The maximum atomic E-state index is 13.4. The van der Waals surface area contributed by atoms with E-state index in [0.717, 1.165) is 22.2 Å². The summed E-state index contributed by atoms with van der Waals surface area (Å²) in [4.78, 5) is 45.8. The van der Waals surface area contributed by atoms with Crippen molar-refractivity contribution in [2.75, 3.05) is 11.4 Å². The first-order valence-corrected chi connectivity index (χ1v) is 10.8. The minimum atomic E-state index is -0.484. The topological polar surface area (TPSA) is 82.1 Å². The van der Waals surface area contributed by atoms with E-state index in [1.807, 2.05) is 38.1 Å². The third-order valence-corrected chi connectivity index (χ3v) is 5.57. The van der Waals surface area contributed by atoms with Gasteiger partial charge in [0.05, 0.1) is 6.33 Å². The standard InChI is InChI=1S/C23H29N5O3/c1-15(2)11-25-14-24-21-20(25)22(30)28(23(31)27(21)12-16(3)4)13-19(29)26-10-9-17-7-5-6-8-18(17)26/h5-8,14-16H,9-13H2,1-4H3. The first-order valence-electron chi connectivity index (χ1n) is 10.8. The molecule has 0 fully saturated rings. The Hall–Kier alpha value is -3.16. The van der Waals surface area contributed by atoms with Crippen molar-refractivity contribution in [1.82, 2.24) is 18.7 Å². The van der Waals surface area contributed by atoms with Gasteiger partial charge in [0, 0.05) is 25.3 Å². The molecule has 0 saturated heterocycles. The van der Waals surface area contributed by atoms with Crippen LogP contribution in [0.1, 0.15) is 33.3 Å². The van der Waals surface area contributed by atoms with E-state index in [9.17, 15) is 14.4 Å². The monoisotopic (exact) mass is 423 g/mol. The van der Waals surface area contributed by atoms with Crippen molar-refractivity contribution in [3.05, 3.63) is 57.0 Å². The van der Waals surface area contributed by atoms with Crippen LogP contribution in [0.4, 0.5) is 5.69 Å². The van der Waals surface area contributed by atoms with E-state index in [4.69, 9.17) is 0 Å². The molecule has 8 nitrogen and oxygen atoms in total. The number of aromatic nitrogens is 4. The Morgan fingerprint density at radius 3 is 2.45 bits per heavy atom. The van der Waals surface area contributed by atoms with Gasteiger partial charge in [-0.25, -0.2) is 14.3 Å². The van der Waals surface area contributed by atoms with Crippen LogP contribution >= 0.6 is 0 Å². The van der Waals surface area contributed by atoms with E-state index in [2.05, 4.69) is 18.8 Å². The lowest BCUT2D eigenvalue weighted by Gasteiger charge is -2.19. The van der Waals surface area contributed by atoms with Crippen LogP contribution in [0, 0.1) is 11.8 Å². The van der Waals surface area contributed by atoms with Crippen molar-refractivity contribution in [2.24, 2.45) is 11.8 Å². The Labute approximate surface area is 180 Å². The van der Waals surface area contributed by atoms with E-state index in [-0.39, 0.29) is 18.4 Å². The first kappa shape index (κ1) is 21.1. The van der Waals surface area contributed by atoms with Crippen molar-refractivity contribution >= 4 is 22.8 Å². The quantitative estimate of drug-likeness (QED) is 0.609. The number of amides is 1. The predicted molar refractivity (Wildman–Crippen MR) is 120 cm³/mol. The van der Waals surface area contributed by atoms with Crippen molar-refractivity contribution in [2.45, 2.75) is 53.8 Å². The summed E-state index contributed by atoms with van der Waals surface area (Å²) in [5.74, 6) is 0.233. The van der Waals surface area contributed by atoms with Crippen LogP contribution in [-0.4, -0.2) is 31.1 Å². The first-order chi connectivity index (χ1) is 14.8. The molecular weight excluding hydrogens is 394 g/mol. The zero-order valence-corrected chi connectivity index (χ0v) is 18.5. The Morgan fingerprint density at radius 2 is 1.74 bits per heavy atom. The maximum absolute atomic E-state index is 13.4. The molecule has 1 aliphatic rings. The van der Waals surface area contributed by atoms with Crippen LogP contribution in [0.3, 0.4) is 0 Å². The second-order valence-electron chi connectivity index (χ2n) is 9.07. The number of para-hydroxylation sites is 1. The van der Waals surface area contributed by atoms with Crippen molar-refractivity contribution in [3.63, 3.8) is 0 Å². The Bertz CT molecular complexity index is 1250. The summed E-state index contributed by atoms with van der Waals surface area (Å²) in [5.41, 5.74) is 1.78. The molecule has 0 bridgehead atoms. The predicted octanol–water partition coefficient (Wildman–Crippen LogP) is 2.26. The van der Waals surface area contributed by atoms with Gasteiger partial charge in [-0.15, -0.1) is 0 Å². The van der Waals surface area contributed by atoms with Crippen LogP contribution in [-0.2, 0) is 30.8 Å². The summed E-state index contributed by atoms with van der Waals surface area (Å²) >= 11 is 0. The largest absolute Gasteiger partial charge is 0.333 e. The van der Waals surface area contributed by atoms with Gasteiger partial charge in [0.2, 0.25) is 5.91 Å². The normalized spacial score (nSPS) is 13.5. The van der Waals surface area contributed by atoms with Gasteiger partial charge in [-0.2, -0.15) is 0 Å². The minimum Gasteiger partial charge on any atom is -0.324 e. The summed E-state index contributed by atoms with van der Waals surface area (Å²) in [7, 11) is 0. The van der Waals surface area contributed by atoms with E-state index in [1.54, 1.807) is 15.8 Å². The molecule has 3 aromatic rings. The van der Waals surface area contributed by atoms with Gasteiger partial charge >= 0.3 is 5.69 Å². The molecule has 0 saturated carbocycles. The van der Waals surface area contributed by atoms with Crippen LogP contribution in [0.2, 0.25) is 0 Å². The van der Waals surface area contributed by atoms with E-state index in [0.29, 0.717) is 36.7 Å². The number of hydrogen-bond donors (Lipinski definition) is 0. The molecular formula is C23H29N5O3. The molecule has 3 heterocycles. The number of imidazole rings is 1. The fourth-order valence-electron chi connectivity index (χ4n) is 4.26. The van der Waals surface area contributed by atoms with Gasteiger partial charge in [-0.1, -0.05) is 45.9 Å². The van der Waals surface area contributed by atoms with Gasteiger partial charge in [-0.05, 0) is 29.9 Å². The number of hydrogen-bond acceptors (Lipinski definition) is 4. The third kappa shape index (κ3) is 3.82. The highest BCUT2D eigenvalue weighted by Gasteiger charge is 2.27. The molecule has 164 valence electrons. The summed E-state index contributed by atoms with van der Waals surface area (Å²) in [5, 5.41) is 0. The average molecular weight is 424 g/mol. The van der Waals surface area contributed by atoms with Crippen LogP contribution in [0.25, 0.3) is 11.2 Å². The van der Waals surface area contributed by atoms with Gasteiger partial charge in [0.25, 0.3) is 5.56 Å². The number of anilines is 1. The summed E-state index contributed by atoms with van der Waals surface area (Å²) < 4.78 is 4.40. The van der Waals surface area contributed by atoms with E-state index < -0.39 is 11.2 Å².